The summed E-state index contributed by atoms with van der Waals surface area (Å²) in [4.78, 5) is 13.8. The van der Waals surface area contributed by atoms with Crippen LogP contribution in [0.25, 0.3) is 0 Å². The van der Waals surface area contributed by atoms with Gasteiger partial charge in [-0.25, -0.2) is 9.82 Å². The van der Waals surface area contributed by atoms with Gasteiger partial charge < -0.3 is 4.90 Å². The van der Waals surface area contributed by atoms with Gasteiger partial charge in [-0.1, -0.05) is 6.07 Å². The van der Waals surface area contributed by atoms with E-state index in [9.17, 15) is 9.18 Å². The third-order valence-electron chi connectivity index (χ3n) is 2.94. The third-order valence-corrected chi connectivity index (χ3v) is 3.57. The Balaban J connectivity index is 2.02. The summed E-state index contributed by atoms with van der Waals surface area (Å²) in [7, 11) is 3.91. The van der Waals surface area contributed by atoms with E-state index >= 15 is 0 Å². The maximum Gasteiger partial charge on any atom is 0.271 e. The first-order valence-electron chi connectivity index (χ1n) is 6.53. The second kappa shape index (κ2) is 7.17. The molecule has 2 aromatic rings. The van der Waals surface area contributed by atoms with Gasteiger partial charge in [0.05, 0.1) is 11.9 Å². The fraction of sp³-hybridized carbons (Fsp3) is 0.125. The van der Waals surface area contributed by atoms with Crippen molar-refractivity contribution in [2.45, 2.75) is 0 Å². The minimum absolute atomic E-state index is 0.350. The average Bonchev–Trinajstić information content (AvgIpc) is 2.47. The van der Waals surface area contributed by atoms with Crippen molar-refractivity contribution in [2.24, 2.45) is 5.10 Å². The average molecular weight is 364 g/mol. The van der Waals surface area contributed by atoms with Crippen LogP contribution in [-0.4, -0.2) is 26.2 Å². The standard InChI is InChI=1S/C16H15BrFN3O/c1-21(2)15-8-3-11(9-14(15)17)10-19-20-16(22)12-4-6-13(18)7-5-12/h3-10H,1-2H3,(H,20,22)/b19-10-. The number of benzene rings is 2. The van der Waals surface area contributed by atoms with Crippen molar-refractivity contribution in [2.75, 3.05) is 19.0 Å². The molecule has 2 rings (SSSR count). The number of hydrogen-bond donors (Lipinski definition) is 1. The van der Waals surface area contributed by atoms with Crippen LogP contribution >= 0.6 is 15.9 Å². The third kappa shape index (κ3) is 4.14. The maximum absolute atomic E-state index is 12.8. The van der Waals surface area contributed by atoms with Crippen molar-refractivity contribution in [3.63, 3.8) is 0 Å². The van der Waals surface area contributed by atoms with Gasteiger partial charge in [-0.3, -0.25) is 4.79 Å². The van der Waals surface area contributed by atoms with Gasteiger partial charge in [0.15, 0.2) is 0 Å². The molecule has 0 saturated carbocycles. The van der Waals surface area contributed by atoms with Gasteiger partial charge in [0.1, 0.15) is 5.82 Å². The summed E-state index contributed by atoms with van der Waals surface area (Å²) >= 11 is 3.49. The predicted molar refractivity (Wildman–Crippen MR) is 89.9 cm³/mol. The molecule has 0 unspecified atom stereocenters. The maximum atomic E-state index is 12.8. The van der Waals surface area contributed by atoms with E-state index in [1.54, 1.807) is 6.21 Å². The highest BCUT2D eigenvalue weighted by molar-refractivity contribution is 9.10. The van der Waals surface area contributed by atoms with Crippen LogP contribution in [0.5, 0.6) is 0 Å². The molecule has 114 valence electrons. The molecule has 1 N–H and O–H groups in total. The van der Waals surface area contributed by atoms with E-state index in [2.05, 4.69) is 26.5 Å². The van der Waals surface area contributed by atoms with Crippen LogP contribution in [0.3, 0.4) is 0 Å². The highest BCUT2D eigenvalue weighted by Gasteiger charge is 2.04. The number of carbonyl (C=O) groups is 1. The number of rotatable bonds is 4. The van der Waals surface area contributed by atoms with Crippen molar-refractivity contribution < 1.29 is 9.18 Å². The second-order valence-electron chi connectivity index (χ2n) is 4.81. The van der Waals surface area contributed by atoms with Crippen LogP contribution in [0, 0.1) is 5.82 Å². The molecule has 22 heavy (non-hydrogen) atoms. The molecule has 2 aromatic carbocycles. The first kappa shape index (κ1) is 16.2. The summed E-state index contributed by atoms with van der Waals surface area (Å²) < 4.78 is 13.7. The lowest BCUT2D eigenvalue weighted by molar-refractivity contribution is 0.0955. The monoisotopic (exact) mass is 363 g/mol. The van der Waals surface area contributed by atoms with E-state index in [-0.39, 0.29) is 11.7 Å². The molecule has 0 aliphatic carbocycles. The van der Waals surface area contributed by atoms with Gasteiger partial charge in [-0.05, 0) is 57.9 Å². The van der Waals surface area contributed by atoms with E-state index < -0.39 is 0 Å². The van der Waals surface area contributed by atoms with Crippen LogP contribution in [0.15, 0.2) is 52.0 Å². The molecule has 4 nitrogen and oxygen atoms in total. The Kier molecular flexibility index (Phi) is 5.27. The quantitative estimate of drug-likeness (QED) is 0.668. The Morgan fingerprint density at radius 1 is 1.23 bits per heavy atom. The Morgan fingerprint density at radius 3 is 2.50 bits per heavy atom. The number of nitrogens with zero attached hydrogens (tertiary/aromatic N) is 2. The summed E-state index contributed by atoms with van der Waals surface area (Å²) in [6.45, 7) is 0. The largest absolute Gasteiger partial charge is 0.377 e. The molecule has 1 amide bonds. The molecule has 0 radical (unpaired) electrons. The van der Waals surface area contributed by atoms with E-state index in [0.29, 0.717) is 5.56 Å². The van der Waals surface area contributed by atoms with Gasteiger partial charge in [0.2, 0.25) is 0 Å². The number of anilines is 1. The normalized spacial score (nSPS) is 10.7. The summed E-state index contributed by atoms with van der Waals surface area (Å²) in [5, 5.41) is 3.90. The van der Waals surface area contributed by atoms with Crippen molar-refractivity contribution in [3.8, 4) is 0 Å². The zero-order chi connectivity index (χ0) is 16.1. The fourth-order valence-electron chi connectivity index (χ4n) is 1.80. The molecular formula is C16H15BrFN3O. The molecular weight excluding hydrogens is 349 g/mol. The fourth-order valence-corrected chi connectivity index (χ4v) is 2.55. The van der Waals surface area contributed by atoms with Gasteiger partial charge in [0.25, 0.3) is 5.91 Å². The number of hydrazone groups is 1. The molecule has 0 spiro atoms. The van der Waals surface area contributed by atoms with Crippen LogP contribution in [0.4, 0.5) is 10.1 Å². The molecule has 0 bridgehead atoms. The van der Waals surface area contributed by atoms with Crippen LogP contribution in [0.2, 0.25) is 0 Å². The SMILES string of the molecule is CN(C)c1ccc(/C=N\NC(=O)c2ccc(F)cc2)cc1Br. The molecule has 0 heterocycles. The van der Waals surface area contributed by atoms with Crippen molar-refractivity contribution >= 4 is 33.7 Å². The lowest BCUT2D eigenvalue weighted by Crippen LogP contribution is -2.17. The minimum Gasteiger partial charge on any atom is -0.377 e. The van der Waals surface area contributed by atoms with E-state index in [4.69, 9.17) is 0 Å². The summed E-state index contributed by atoms with van der Waals surface area (Å²) in [5.74, 6) is -0.772. The van der Waals surface area contributed by atoms with Crippen LogP contribution in [0.1, 0.15) is 15.9 Å². The van der Waals surface area contributed by atoms with Gasteiger partial charge >= 0.3 is 0 Å². The molecule has 0 saturated heterocycles. The Hall–Kier alpha value is -2.21. The highest BCUT2D eigenvalue weighted by Crippen LogP contribution is 2.25. The zero-order valence-electron chi connectivity index (χ0n) is 12.2. The van der Waals surface area contributed by atoms with E-state index in [0.717, 1.165) is 15.7 Å². The Labute approximate surface area is 136 Å². The molecule has 6 heteroatoms. The lowest BCUT2D eigenvalue weighted by Gasteiger charge is -2.14. The zero-order valence-corrected chi connectivity index (χ0v) is 13.8. The molecule has 0 fully saturated rings. The summed E-state index contributed by atoms with van der Waals surface area (Å²) in [6, 6.07) is 11.0. The Morgan fingerprint density at radius 2 is 1.91 bits per heavy atom. The highest BCUT2D eigenvalue weighted by atomic mass is 79.9. The first-order valence-corrected chi connectivity index (χ1v) is 7.32. The smallest absolute Gasteiger partial charge is 0.271 e. The summed E-state index contributed by atoms with van der Waals surface area (Å²) in [6.07, 6.45) is 1.55. The topological polar surface area (TPSA) is 44.7 Å². The number of hydrogen-bond acceptors (Lipinski definition) is 3. The molecule has 0 aliphatic rings. The van der Waals surface area contributed by atoms with Gasteiger partial charge in [-0.2, -0.15) is 5.10 Å². The minimum atomic E-state index is -0.389. The van der Waals surface area contributed by atoms with Crippen molar-refractivity contribution in [3.05, 3.63) is 63.9 Å². The summed E-state index contributed by atoms with van der Waals surface area (Å²) in [5.41, 5.74) is 4.65. The number of nitrogens with one attached hydrogen (secondary N) is 1. The first-order chi connectivity index (χ1) is 10.5. The number of halogens is 2. The van der Waals surface area contributed by atoms with E-state index in [1.165, 1.54) is 24.3 Å². The Bertz CT molecular complexity index is 699. The predicted octanol–water partition coefficient (Wildman–Crippen LogP) is 3.42. The van der Waals surface area contributed by atoms with Crippen LogP contribution in [-0.2, 0) is 0 Å². The van der Waals surface area contributed by atoms with Gasteiger partial charge in [0, 0.05) is 24.1 Å². The van der Waals surface area contributed by atoms with Crippen molar-refractivity contribution in [1.29, 1.82) is 0 Å². The van der Waals surface area contributed by atoms with Crippen LogP contribution < -0.4 is 10.3 Å². The lowest BCUT2D eigenvalue weighted by atomic mass is 10.2. The van der Waals surface area contributed by atoms with Crippen molar-refractivity contribution in [1.82, 2.24) is 5.43 Å². The second-order valence-corrected chi connectivity index (χ2v) is 5.67. The molecule has 0 aromatic heterocycles. The molecule has 0 aliphatic heterocycles. The molecule has 0 atom stereocenters. The number of carbonyl (C=O) groups excluding carboxylic acids is 1. The van der Waals surface area contributed by atoms with E-state index in [1.807, 2.05) is 37.2 Å². The number of amides is 1. The van der Waals surface area contributed by atoms with Gasteiger partial charge in [-0.15, -0.1) is 0 Å².